The van der Waals surface area contributed by atoms with Crippen LogP contribution in [0.1, 0.15) is 21.6 Å². The second-order valence-electron chi connectivity index (χ2n) is 5.06. The van der Waals surface area contributed by atoms with Gasteiger partial charge in [0.05, 0.1) is 11.1 Å². The normalized spacial score (nSPS) is 10.6. The second kappa shape index (κ2) is 5.81. The first-order chi connectivity index (χ1) is 10.6. The SMILES string of the molecule is Cc1cc(CNC(=O)c2ccc(=O)[nH]c2)c2ccccc2n1. The van der Waals surface area contributed by atoms with Crippen LogP contribution >= 0.6 is 0 Å². The molecular formula is C17H15N3O2. The molecule has 110 valence electrons. The average Bonchev–Trinajstić information content (AvgIpc) is 2.52. The average molecular weight is 293 g/mol. The number of hydrogen-bond acceptors (Lipinski definition) is 3. The maximum atomic E-state index is 12.1. The zero-order chi connectivity index (χ0) is 15.5. The number of para-hydroxylation sites is 1. The molecule has 0 spiro atoms. The third-order valence-electron chi connectivity index (χ3n) is 3.42. The van der Waals surface area contributed by atoms with Gasteiger partial charge in [0.1, 0.15) is 0 Å². The first kappa shape index (κ1) is 14.0. The summed E-state index contributed by atoms with van der Waals surface area (Å²) in [6.45, 7) is 2.33. The molecule has 0 atom stereocenters. The van der Waals surface area contributed by atoms with Crippen LogP contribution in [0.3, 0.4) is 0 Å². The van der Waals surface area contributed by atoms with Gasteiger partial charge in [-0.05, 0) is 30.7 Å². The summed E-state index contributed by atoms with van der Waals surface area (Å²) in [5.41, 5.74) is 3.03. The van der Waals surface area contributed by atoms with E-state index in [1.54, 1.807) is 0 Å². The molecule has 3 rings (SSSR count). The number of carbonyl (C=O) groups is 1. The van der Waals surface area contributed by atoms with Crippen molar-refractivity contribution in [3.05, 3.63) is 75.8 Å². The maximum Gasteiger partial charge on any atom is 0.253 e. The number of nitrogens with zero attached hydrogens (tertiary/aromatic N) is 1. The first-order valence-electron chi connectivity index (χ1n) is 6.96. The molecule has 22 heavy (non-hydrogen) atoms. The Morgan fingerprint density at radius 2 is 2.05 bits per heavy atom. The third-order valence-corrected chi connectivity index (χ3v) is 3.42. The highest BCUT2D eigenvalue weighted by atomic mass is 16.1. The van der Waals surface area contributed by atoms with Gasteiger partial charge in [-0.15, -0.1) is 0 Å². The minimum atomic E-state index is -0.229. The van der Waals surface area contributed by atoms with Crippen molar-refractivity contribution in [2.75, 3.05) is 0 Å². The Balaban J connectivity index is 1.83. The molecule has 1 aromatic carbocycles. The van der Waals surface area contributed by atoms with E-state index in [1.165, 1.54) is 18.3 Å². The van der Waals surface area contributed by atoms with Gasteiger partial charge in [0, 0.05) is 29.9 Å². The number of rotatable bonds is 3. The molecule has 0 saturated heterocycles. The number of H-pyrrole nitrogens is 1. The van der Waals surface area contributed by atoms with Crippen molar-refractivity contribution in [2.24, 2.45) is 0 Å². The van der Waals surface area contributed by atoms with E-state index in [0.717, 1.165) is 22.2 Å². The number of amides is 1. The Labute approximate surface area is 127 Å². The van der Waals surface area contributed by atoms with Gasteiger partial charge in [-0.2, -0.15) is 0 Å². The minimum absolute atomic E-state index is 0.227. The van der Waals surface area contributed by atoms with E-state index in [2.05, 4.69) is 15.3 Å². The predicted octanol–water partition coefficient (Wildman–Crippen LogP) is 2.16. The summed E-state index contributed by atoms with van der Waals surface area (Å²) in [4.78, 5) is 30.1. The van der Waals surface area contributed by atoms with Crippen molar-refractivity contribution in [2.45, 2.75) is 13.5 Å². The van der Waals surface area contributed by atoms with Gasteiger partial charge in [-0.3, -0.25) is 14.6 Å². The molecule has 1 amide bonds. The van der Waals surface area contributed by atoms with Gasteiger partial charge in [0.25, 0.3) is 5.91 Å². The molecule has 0 aliphatic carbocycles. The van der Waals surface area contributed by atoms with Crippen molar-refractivity contribution in [1.29, 1.82) is 0 Å². The van der Waals surface area contributed by atoms with E-state index >= 15 is 0 Å². The number of hydrogen-bond donors (Lipinski definition) is 2. The molecule has 0 fully saturated rings. The summed E-state index contributed by atoms with van der Waals surface area (Å²) in [5.74, 6) is -0.227. The number of nitrogens with one attached hydrogen (secondary N) is 2. The van der Waals surface area contributed by atoms with Crippen molar-refractivity contribution in [1.82, 2.24) is 15.3 Å². The lowest BCUT2D eigenvalue weighted by Gasteiger charge is -2.09. The lowest BCUT2D eigenvalue weighted by Crippen LogP contribution is -2.24. The van der Waals surface area contributed by atoms with Gasteiger partial charge in [-0.1, -0.05) is 18.2 Å². The summed E-state index contributed by atoms with van der Waals surface area (Å²) in [7, 11) is 0. The van der Waals surface area contributed by atoms with Gasteiger partial charge in [0.15, 0.2) is 0 Å². The van der Waals surface area contributed by atoms with E-state index in [4.69, 9.17) is 0 Å². The molecular weight excluding hydrogens is 278 g/mol. The molecule has 0 aliphatic heterocycles. The van der Waals surface area contributed by atoms with E-state index in [0.29, 0.717) is 12.1 Å². The van der Waals surface area contributed by atoms with Gasteiger partial charge >= 0.3 is 0 Å². The van der Waals surface area contributed by atoms with E-state index in [9.17, 15) is 9.59 Å². The van der Waals surface area contributed by atoms with Crippen molar-refractivity contribution < 1.29 is 4.79 Å². The van der Waals surface area contributed by atoms with E-state index in [-0.39, 0.29) is 11.5 Å². The van der Waals surface area contributed by atoms with E-state index in [1.807, 2.05) is 37.3 Å². The van der Waals surface area contributed by atoms with E-state index < -0.39 is 0 Å². The largest absolute Gasteiger partial charge is 0.348 e. The van der Waals surface area contributed by atoms with Crippen LogP contribution in [0.4, 0.5) is 0 Å². The number of fused-ring (bicyclic) bond motifs is 1. The number of aryl methyl sites for hydroxylation is 1. The Morgan fingerprint density at radius 1 is 1.23 bits per heavy atom. The molecule has 0 saturated carbocycles. The van der Waals surface area contributed by atoms with Crippen molar-refractivity contribution >= 4 is 16.8 Å². The molecule has 5 nitrogen and oxygen atoms in total. The lowest BCUT2D eigenvalue weighted by molar-refractivity contribution is 0.0950. The fourth-order valence-corrected chi connectivity index (χ4v) is 2.37. The Morgan fingerprint density at radius 3 is 2.82 bits per heavy atom. The predicted molar refractivity (Wildman–Crippen MR) is 84.7 cm³/mol. The Kier molecular flexibility index (Phi) is 3.70. The van der Waals surface area contributed by atoms with Gasteiger partial charge in [0.2, 0.25) is 5.56 Å². The number of pyridine rings is 2. The summed E-state index contributed by atoms with van der Waals surface area (Å²) >= 11 is 0. The molecule has 0 bridgehead atoms. The van der Waals surface area contributed by atoms with Crippen molar-refractivity contribution in [3.63, 3.8) is 0 Å². The quantitative estimate of drug-likeness (QED) is 0.777. The van der Waals surface area contributed by atoms with Crippen LogP contribution in [0.25, 0.3) is 10.9 Å². The van der Waals surface area contributed by atoms with Gasteiger partial charge in [-0.25, -0.2) is 0 Å². The zero-order valence-electron chi connectivity index (χ0n) is 12.1. The highest BCUT2D eigenvalue weighted by Crippen LogP contribution is 2.18. The van der Waals surface area contributed by atoms with Crippen LogP contribution in [0, 0.1) is 6.92 Å². The summed E-state index contributed by atoms with van der Waals surface area (Å²) in [6, 6.07) is 12.6. The summed E-state index contributed by atoms with van der Waals surface area (Å²) in [5, 5.41) is 3.89. The lowest BCUT2D eigenvalue weighted by atomic mass is 10.1. The Hall–Kier alpha value is -2.95. The third kappa shape index (κ3) is 2.88. The second-order valence-corrected chi connectivity index (χ2v) is 5.06. The fourth-order valence-electron chi connectivity index (χ4n) is 2.37. The van der Waals surface area contributed by atoms with Gasteiger partial charge < -0.3 is 10.3 Å². The first-order valence-corrected chi connectivity index (χ1v) is 6.96. The van der Waals surface area contributed by atoms with Crippen molar-refractivity contribution in [3.8, 4) is 0 Å². The number of aromatic nitrogens is 2. The zero-order valence-corrected chi connectivity index (χ0v) is 12.1. The molecule has 0 radical (unpaired) electrons. The molecule has 2 N–H and O–H groups in total. The summed E-state index contributed by atoms with van der Waals surface area (Å²) < 4.78 is 0. The maximum absolute atomic E-state index is 12.1. The summed E-state index contributed by atoms with van der Waals surface area (Å²) in [6.07, 6.45) is 1.41. The standard InChI is InChI=1S/C17H15N3O2/c1-11-8-13(14-4-2-3-5-15(14)20-11)10-19-17(22)12-6-7-16(21)18-9-12/h2-9H,10H2,1H3,(H,18,21)(H,19,22). The number of benzene rings is 1. The minimum Gasteiger partial charge on any atom is -0.348 e. The van der Waals surface area contributed by atoms with Crippen LogP contribution in [-0.4, -0.2) is 15.9 Å². The monoisotopic (exact) mass is 293 g/mol. The molecule has 0 unspecified atom stereocenters. The van der Waals surface area contributed by atoms with Crippen LogP contribution < -0.4 is 10.9 Å². The Bertz CT molecular complexity index is 879. The highest BCUT2D eigenvalue weighted by molar-refractivity contribution is 5.94. The van der Waals surface area contributed by atoms with Crippen LogP contribution in [0.15, 0.2) is 53.5 Å². The highest BCUT2D eigenvalue weighted by Gasteiger charge is 2.08. The number of carbonyl (C=O) groups excluding carboxylic acids is 1. The molecule has 2 aromatic heterocycles. The number of aromatic amines is 1. The van der Waals surface area contributed by atoms with Crippen LogP contribution in [0.2, 0.25) is 0 Å². The molecule has 0 aliphatic rings. The molecule has 3 aromatic rings. The molecule has 5 heteroatoms. The van der Waals surface area contributed by atoms with Crippen LogP contribution in [0.5, 0.6) is 0 Å². The van der Waals surface area contributed by atoms with Crippen LogP contribution in [-0.2, 0) is 6.54 Å². The molecule has 2 heterocycles. The topological polar surface area (TPSA) is 74.8 Å². The fraction of sp³-hybridized carbons (Fsp3) is 0.118. The smallest absolute Gasteiger partial charge is 0.253 e.